The molecule has 0 amide bonds. The van der Waals surface area contributed by atoms with Crippen LogP contribution in [0.4, 0.5) is 10.1 Å². The maximum absolute atomic E-state index is 13.3. The second-order valence-corrected chi connectivity index (χ2v) is 4.50. The van der Waals surface area contributed by atoms with E-state index in [1.54, 1.807) is 12.3 Å². The fourth-order valence-corrected chi connectivity index (χ4v) is 1.98. The van der Waals surface area contributed by atoms with Crippen molar-refractivity contribution in [3.63, 3.8) is 0 Å². The maximum Gasteiger partial charge on any atom is 0.149 e. The Morgan fingerprint density at radius 1 is 1.10 bits per heavy atom. The molecule has 100 valence electrons. The second kappa shape index (κ2) is 5.17. The van der Waals surface area contributed by atoms with E-state index in [9.17, 15) is 4.39 Å². The van der Waals surface area contributed by atoms with E-state index in [4.69, 9.17) is 10.5 Å². The van der Waals surface area contributed by atoms with Gasteiger partial charge in [-0.3, -0.25) is 4.98 Å². The fourth-order valence-electron chi connectivity index (χ4n) is 1.98. The number of fused-ring (bicyclic) bond motifs is 1. The average molecular weight is 268 g/mol. The first-order valence-electron chi connectivity index (χ1n) is 6.24. The van der Waals surface area contributed by atoms with Crippen LogP contribution in [0.2, 0.25) is 0 Å². The molecule has 0 aliphatic rings. The molecular weight excluding hydrogens is 255 g/mol. The lowest BCUT2D eigenvalue weighted by Gasteiger charge is -2.08. The Hall–Kier alpha value is -2.62. The van der Waals surface area contributed by atoms with Gasteiger partial charge in [0.05, 0.1) is 11.2 Å². The van der Waals surface area contributed by atoms with E-state index in [2.05, 4.69) is 4.98 Å². The Labute approximate surface area is 115 Å². The van der Waals surface area contributed by atoms with Gasteiger partial charge < -0.3 is 10.5 Å². The highest BCUT2D eigenvalue weighted by Crippen LogP contribution is 2.20. The molecule has 0 unspecified atom stereocenters. The van der Waals surface area contributed by atoms with Crippen LogP contribution >= 0.6 is 0 Å². The van der Waals surface area contributed by atoms with Gasteiger partial charge in [-0.1, -0.05) is 12.1 Å². The van der Waals surface area contributed by atoms with Crippen molar-refractivity contribution in [2.45, 2.75) is 6.61 Å². The van der Waals surface area contributed by atoms with Crippen molar-refractivity contribution in [1.29, 1.82) is 0 Å². The molecule has 2 aromatic carbocycles. The molecule has 0 fully saturated rings. The molecule has 3 aromatic rings. The number of pyridine rings is 1. The van der Waals surface area contributed by atoms with Gasteiger partial charge in [0.2, 0.25) is 0 Å². The summed E-state index contributed by atoms with van der Waals surface area (Å²) >= 11 is 0. The minimum atomic E-state index is -0.467. The van der Waals surface area contributed by atoms with Crippen molar-refractivity contribution in [3.05, 3.63) is 66.1 Å². The van der Waals surface area contributed by atoms with E-state index < -0.39 is 5.82 Å². The van der Waals surface area contributed by atoms with Crippen LogP contribution in [0.25, 0.3) is 10.9 Å². The summed E-state index contributed by atoms with van der Waals surface area (Å²) in [4.78, 5) is 4.26. The van der Waals surface area contributed by atoms with Gasteiger partial charge in [-0.2, -0.15) is 0 Å². The molecule has 2 N–H and O–H groups in total. The Balaban J connectivity index is 1.77. The predicted molar refractivity (Wildman–Crippen MR) is 76.9 cm³/mol. The van der Waals surface area contributed by atoms with Gasteiger partial charge in [-0.15, -0.1) is 0 Å². The zero-order chi connectivity index (χ0) is 13.9. The van der Waals surface area contributed by atoms with Gasteiger partial charge in [-0.25, -0.2) is 4.39 Å². The monoisotopic (exact) mass is 268 g/mol. The van der Waals surface area contributed by atoms with E-state index in [0.717, 1.165) is 16.5 Å². The standard InChI is InChI=1S/C16H13FN2O/c17-14-9-13(4-5-15(14)18)20-10-11-3-6-16-12(8-11)2-1-7-19-16/h1-9H,10,18H2. The van der Waals surface area contributed by atoms with E-state index in [0.29, 0.717) is 12.4 Å². The SMILES string of the molecule is Nc1ccc(OCc2ccc3ncccc3c2)cc1F. The van der Waals surface area contributed by atoms with Gasteiger partial charge in [-0.05, 0) is 35.9 Å². The molecular formula is C16H13FN2O. The number of nitrogen functional groups attached to an aromatic ring is 1. The van der Waals surface area contributed by atoms with Crippen molar-refractivity contribution >= 4 is 16.6 Å². The van der Waals surface area contributed by atoms with Crippen molar-refractivity contribution in [1.82, 2.24) is 4.98 Å². The third-order valence-corrected chi connectivity index (χ3v) is 3.04. The molecule has 1 heterocycles. The highest BCUT2D eigenvalue weighted by molar-refractivity contribution is 5.78. The number of aromatic nitrogens is 1. The summed E-state index contributed by atoms with van der Waals surface area (Å²) in [5.74, 6) is -0.00630. The molecule has 3 rings (SSSR count). The van der Waals surface area contributed by atoms with Gasteiger partial charge in [0.25, 0.3) is 0 Å². The number of nitrogens with zero attached hydrogens (tertiary/aromatic N) is 1. The van der Waals surface area contributed by atoms with Crippen LogP contribution in [0.3, 0.4) is 0 Å². The largest absolute Gasteiger partial charge is 0.489 e. The Kier molecular flexibility index (Phi) is 3.21. The molecule has 0 atom stereocenters. The molecule has 0 aliphatic heterocycles. The molecule has 20 heavy (non-hydrogen) atoms. The molecule has 0 saturated heterocycles. The summed E-state index contributed by atoms with van der Waals surface area (Å²) in [5.41, 5.74) is 7.48. The zero-order valence-corrected chi connectivity index (χ0v) is 10.7. The summed E-state index contributed by atoms with van der Waals surface area (Å²) < 4.78 is 18.9. The topological polar surface area (TPSA) is 48.1 Å². The van der Waals surface area contributed by atoms with Crippen LogP contribution in [0.15, 0.2) is 54.7 Å². The first-order valence-corrected chi connectivity index (χ1v) is 6.24. The van der Waals surface area contributed by atoms with Crippen LogP contribution in [-0.2, 0) is 6.61 Å². The summed E-state index contributed by atoms with van der Waals surface area (Å²) in [6.45, 7) is 0.369. The van der Waals surface area contributed by atoms with Gasteiger partial charge in [0.15, 0.2) is 0 Å². The number of benzene rings is 2. The maximum atomic E-state index is 13.3. The number of anilines is 1. The van der Waals surface area contributed by atoms with Crippen LogP contribution < -0.4 is 10.5 Å². The van der Waals surface area contributed by atoms with Crippen LogP contribution in [0.1, 0.15) is 5.56 Å². The third-order valence-electron chi connectivity index (χ3n) is 3.04. The minimum absolute atomic E-state index is 0.120. The minimum Gasteiger partial charge on any atom is -0.489 e. The number of ether oxygens (including phenoxy) is 1. The normalized spacial score (nSPS) is 10.7. The van der Waals surface area contributed by atoms with E-state index >= 15 is 0 Å². The average Bonchev–Trinajstić information content (AvgIpc) is 2.48. The molecule has 4 heteroatoms. The van der Waals surface area contributed by atoms with Crippen molar-refractivity contribution in [2.24, 2.45) is 0 Å². The quantitative estimate of drug-likeness (QED) is 0.739. The van der Waals surface area contributed by atoms with Crippen molar-refractivity contribution < 1.29 is 9.13 Å². The zero-order valence-electron chi connectivity index (χ0n) is 10.7. The predicted octanol–water partition coefficient (Wildman–Crippen LogP) is 3.54. The lowest BCUT2D eigenvalue weighted by molar-refractivity contribution is 0.305. The number of nitrogens with two attached hydrogens (primary N) is 1. The highest BCUT2D eigenvalue weighted by Gasteiger charge is 2.02. The Morgan fingerprint density at radius 2 is 2.00 bits per heavy atom. The summed E-state index contributed by atoms with van der Waals surface area (Å²) in [7, 11) is 0. The van der Waals surface area contributed by atoms with E-state index in [1.807, 2.05) is 30.3 Å². The highest BCUT2D eigenvalue weighted by atomic mass is 19.1. The third kappa shape index (κ3) is 2.54. The van der Waals surface area contributed by atoms with Gasteiger partial charge in [0, 0.05) is 17.6 Å². The molecule has 0 spiro atoms. The molecule has 0 aliphatic carbocycles. The second-order valence-electron chi connectivity index (χ2n) is 4.50. The van der Waals surface area contributed by atoms with Crippen molar-refractivity contribution in [2.75, 3.05) is 5.73 Å². The molecule has 0 saturated carbocycles. The van der Waals surface area contributed by atoms with Gasteiger partial charge in [0.1, 0.15) is 18.2 Å². The lowest BCUT2D eigenvalue weighted by Crippen LogP contribution is -1.97. The molecule has 3 nitrogen and oxygen atoms in total. The summed E-state index contributed by atoms with van der Waals surface area (Å²) in [5, 5.41) is 1.05. The first kappa shape index (κ1) is 12.4. The van der Waals surface area contributed by atoms with Crippen LogP contribution in [-0.4, -0.2) is 4.98 Å². The van der Waals surface area contributed by atoms with E-state index in [1.165, 1.54) is 12.1 Å². The van der Waals surface area contributed by atoms with Crippen LogP contribution in [0, 0.1) is 5.82 Å². The van der Waals surface area contributed by atoms with Crippen LogP contribution in [0.5, 0.6) is 5.75 Å². The summed E-state index contributed by atoms with van der Waals surface area (Å²) in [6, 6.07) is 14.2. The van der Waals surface area contributed by atoms with Crippen molar-refractivity contribution in [3.8, 4) is 5.75 Å². The Morgan fingerprint density at radius 3 is 2.85 bits per heavy atom. The fraction of sp³-hybridized carbons (Fsp3) is 0.0625. The van der Waals surface area contributed by atoms with Gasteiger partial charge >= 0.3 is 0 Å². The number of hydrogen-bond acceptors (Lipinski definition) is 3. The number of halogens is 1. The number of rotatable bonds is 3. The van der Waals surface area contributed by atoms with E-state index in [-0.39, 0.29) is 5.69 Å². The first-order chi connectivity index (χ1) is 9.72. The lowest BCUT2D eigenvalue weighted by atomic mass is 10.1. The molecule has 1 aromatic heterocycles. The Bertz CT molecular complexity index is 758. The smallest absolute Gasteiger partial charge is 0.149 e. The number of hydrogen-bond donors (Lipinski definition) is 1. The molecule has 0 radical (unpaired) electrons. The summed E-state index contributed by atoms with van der Waals surface area (Å²) in [6.07, 6.45) is 1.76. The molecule has 0 bridgehead atoms.